The summed E-state index contributed by atoms with van der Waals surface area (Å²) in [7, 11) is 3.23. The molecule has 0 radical (unpaired) electrons. The maximum absolute atomic E-state index is 12.0. The molecule has 0 aliphatic carbocycles. The number of anilines is 1. The number of amides is 2. The largest absolute Gasteiger partial charge is 0.493 e. The molecule has 26 heavy (non-hydrogen) atoms. The third-order valence-electron chi connectivity index (χ3n) is 4.22. The molecule has 0 saturated heterocycles. The minimum Gasteiger partial charge on any atom is -0.493 e. The first-order valence-electron chi connectivity index (χ1n) is 8.79. The van der Waals surface area contributed by atoms with Crippen molar-refractivity contribution in [1.82, 2.24) is 15.1 Å². The molecule has 0 aliphatic heterocycles. The molecule has 0 unspecified atom stereocenters. The van der Waals surface area contributed by atoms with Gasteiger partial charge in [0.15, 0.2) is 11.5 Å². The van der Waals surface area contributed by atoms with Gasteiger partial charge in [-0.2, -0.15) is 5.10 Å². The van der Waals surface area contributed by atoms with Gasteiger partial charge in [0.05, 0.1) is 37.8 Å². The Labute approximate surface area is 154 Å². The molecule has 1 aromatic heterocycles. The van der Waals surface area contributed by atoms with E-state index in [9.17, 15) is 4.79 Å². The van der Waals surface area contributed by atoms with Crippen LogP contribution < -0.4 is 20.1 Å². The first kappa shape index (κ1) is 19.6. The van der Waals surface area contributed by atoms with Gasteiger partial charge in [0.25, 0.3) is 0 Å². The van der Waals surface area contributed by atoms with E-state index in [-0.39, 0.29) is 6.03 Å². The van der Waals surface area contributed by atoms with Gasteiger partial charge in [0.2, 0.25) is 0 Å². The predicted molar refractivity (Wildman–Crippen MR) is 102 cm³/mol. The monoisotopic (exact) mass is 360 g/mol. The molecule has 1 heterocycles. The third-order valence-corrected chi connectivity index (χ3v) is 4.22. The minimum atomic E-state index is -0.199. The van der Waals surface area contributed by atoms with E-state index in [1.807, 2.05) is 36.7 Å². The Bertz CT molecular complexity index is 755. The molecule has 0 saturated carbocycles. The first-order chi connectivity index (χ1) is 12.5. The lowest BCUT2D eigenvalue weighted by atomic mass is 10.2. The van der Waals surface area contributed by atoms with Crippen LogP contribution in [0.5, 0.6) is 11.5 Å². The van der Waals surface area contributed by atoms with Gasteiger partial charge in [-0.25, -0.2) is 4.79 Å². The highest BCUT2D eigenvalue weighted by molar-refractivity contribution is 5.90. The second kappa shape index (κ2) is 9.12. The average Bonchev–Trinajstić information content (AvgIpc) is 2.89. The fourth-order valence-corrected chi connectivity index (χ4v) is 2.72. The highest BCUT2D eigenvalue weighted by Gasteiger charge is 2.15. The normalized spacial score (nSPS) is 10.5. The molecule has 7 nitrogen and oxygen atoms in total. The lowest BCUT2D eigenvalue weighted by molar-refractivity contribution is 0.252. The summed E-state index contributed by atoms with van der Waals surface area (Å²) < 4.78 is 12.5. The number of carbonyl (C=O) groups is 1. The van der Waals surface area contributed by atoms with Gasteiger partial charge in [0, 0.05) is 6.54 Å². The van der Waals surface area contributed by atoms with Gasteiger partial charge < -0.3 is 20.1 Å². The number of aromatic nitrogens is 2. The number of benzene rings is 1. The van der Waals surface area contributed by atoms with Crippen LogP contribution in [0.15, 0.2) is 18.2 Å². The van der Waals surface area contributed by atoms with Gasteiger partial charge in [-0.3, -0.25) is 4.68 Å². The summed E-state index contributed by atoms with van der Waals surface area (Å²) in [6, 6.07) is 5.58. The summed E-state index contributed by atoms with van der Waals surface area (Å²) in [5.41, 5.74) is 3.48. The average molecular weight is 360 g/mol. The molecule has 0 bridgehead atoms. The molecule has 0 atom stereocenters. The van der Waals surface area contributed by atoms with Crippen molar-refractivity contribution < 1.29 is 14.3 Å². The van der Waals surface area contributed by atoms with Crippen LogP contribution in [0.2, 0.25) is 0 Å². The van der Waals surface area contributed by atoms with Crippen molar-refractivity contribution in [2.24, 2.45) is 0 Å². The van der Waals surface area contributed by atoms with E-state index in [2.05, 4.69) is 22.7 Å². The highest BCUT2D eigenvalue weighted by atomic mass is 16.5. The number of ether oxygens (including phenoxy) is 2. The molecule has 2 amide bonds. The fourth-order valence-electron chi connectivity index (χ4n) is 2.72. The molecule has 142 valence electrons. The number of methoxy groups -OCH3 is 2. The number of urea groups is 1. The third kappa shape index (κ3) is 4.68. The van der Waals surface area contributed by atoms with Crippen molar-refractivity contribution in [2.45, 2.75) is 40.2 Å². The highest BCUT2D eigenvalue weighted by Crippen LogP contribution is 2.28. The SMILES string of the molecule is CCCCNC(=O)Nc1c(C)nn(Cc2ccc(OC)c(OC)c2)c1C. The van der Waals surface area contributed by atoms with Crippen molar-refractivity contribution >= 4 is 11.7 Å². The van der Waals surface area contributed by atoms with Crippen molar-refractivity contribution in [3.8, 4) is 11.5 Å². The Morgan fingerprint density at radius 3 is 2.58 bits per heavy atom. The van der Waals surface area contributed by atoms with E-state index < -0.39 is 0 Å². The molecule has 2 rings (SSSR count). The van der Waals surface area contributed by atoms with E-state index in [1.54, 1.807) is 14.2 Å². The number of carbonyl (C=O) groups excluding carboxylic acids is 1. The van der Waals surface area contributed by atoms with Crippen LogP contribution in [0.3, 0.4) is 0 Å². The molecular formula is C19H28N4O3. The molecule has 0 spiro atoms. The number of nitrogens with zero attached hydrogens (tertiary/aromatic N) is 2. The summed E-state index contributed by atoms with van der Waals surface area (Å²) in [6.07, 6.45) is 2.01. The maximum atomic E-state index is 12.0. The van der Waals surface area contributed by atoms with Gasteiger partial charge in [-0.15, -0.1) is 0 Å². The lowest BCUT2D eigenvalue weighted by Crippen LogP contribution is -2.29. The van der Waals surface area contributed by atoms with Crippen LogP contribution in [-0.4, -0.2) is 36.6 Å². The zero-order valence-corrected chi connectivity index (χ0v) is 16.2. The lowest BCUT2D eigenvalue weighted by Gasteiger charge is -2.11. The predicted octanol–water partition coefficient (Wildman–Crippen LogP) is 3.49. The van der Waals surface area contributed by atoms with E-state index in [1.165, 1.54) is 0 Å². The minimum absolute atomic E-state index is 0.199. The van der Waals surface area contributed by atoms with E-state index >= 15 is 0 Å². The maximum Gasteiger partial charge on any atom is 0.319 e. The van der Waals surface area contributed by atoms with Gasteiger partial charge in [0.1, 0.15) is 0 Å². The van der Waals surface area contributed by atoms with Crippen LogP contribution in [0.1, 0.15) is 36.7 Å². The summed E-state index contributed by atoms with van der Waals surface area (Å²) in [5, 5.41) is 10.3. The topological polar surface area (TPSA) is 77.4 Å². The number of unbranched alkanes of at least 4 members (excludes halogenated alkanes) is 1. The van der Waals surface area contributed by atoms with E-state index in [4.69, 9.17) is 9.47 Å². The molecule has 0 aliphatic rings. The standard InChI is InChI=1S/C19H28N4O3/c1-6-7-10-20-19(24)21-18-13(2)22-23(14(18)3)12-15-8-9-16(25-4)17(11-15)26-5/h8-9,11H,6-7,10,12H2,1-5H3,(H2,20,21,24). The van der Waals surface area contributed by atoms with Crippen molar-refractivity contribution in [3.05, 3.63) is 35.2 Å². The second-order valence-corrected chi connectivity index (χ2v) is 6.13. The Kier molecular flexibility index (Phi) is 6.89. The second-order valence-electron chi connectivity index (χ2n) is 6.13. The van der Waals surface area contributed by atoms with Crippen LogP contribution in [0.25, 0.3) is 0 Å². The summed E-state index contributed by atoms with van der Waals surface area (Å²) in [5.74, 6) is 1.37. The fraction of sp³-hybridized carbons (Fsp3) is 0.474. The smallest absolute Gasteiger partial charge is 0.319 e. The Morgan fingerprint density at radius 2 is 1.92 bits per heavy atom. The Balaban J connectivity index is 2.13. The summed E-state index contributed by atoms with van der Waals surface area (Å²) in [4.78, 5) is 12.0. The number of hydrogen-bond donors (Lipinski definition) is 2. The van der Waals surface area contributed by atoms with Crippen LogP contribution in [0, 0.1) is 13.8 Å². The molecule has 2 aromatic rings. The Hall–Kier alpha value is -2.70. The summed E-state index contributed by atoms with van der Waals surface area (Å²) >= 11 is 0. The van der Waals surface area contributed by atoms with Crippen molar-refractivity contribution in [1.29, 1.82) is 0 Å². The number of rotatable bonds is 8. The van der Waals surface area contributed by atoms with E-state index in [0.29, 0.717) is 24.6 Å². The van der Waals surface area contributed by atoms with Gasteiger partial charge in [-0.1, -0.05) is 19.4 Å². The molecule has 2 N–H and O–H groups in total. The van der Waals surface area contributed by atoms with E-state index in [0.717, 1.165) is 35.5 Å². The van der Waals surface area contributed by atoms with Crippen LogP contribution >= 0.6 is 0 Å². The molecule has 1 aromatic carbocycles. The summed E-state index contributed by atoms with van der Waals surface area (Å²) in [6.45, 7) is 7.17. The van der Waals surface area contributed by atoms with Gasteiger partial charge >= 0.3 is 6.03 Å². The van der Waals surface area contributed by atoms with Crippen LogP contribution in [-0.2, 0) is 6.54 Å². The molecular weight excluding hydrogens is 332 g/mol. The Morgan fingerprint density at radius 1 is 1.19 bits per heavy atom. The first-order valence-corrected chi connectivity index (χ1v) is 8.79. The number of nitrogens with one attached hydrogen (secondary N) is 2. The van der Waals surface area contributed by atoms with Gasteiger partial charge in [-0.05, 0) is 38.0 Å². The zero-order chi connectivity index (χ0) is 19.1. The quantitative estimate of drug-likeness (QED) is 0.707. The molecule has 7 heteroatoms. The number of aryl methyl sites for hydroxylation is 1. The van der Waals surface area contributed by atoms with Crippen molar-refractivity contribution in [2.75, 3.05) is 26.1 Å². The number of hydrogen-bond acceptors (Lipinski definition) is 4. The van der Waals surface area contributed by atoms with Crippen molar-refractivity contribution in [3.63, 3.8) is 0 Å². The van der Waals surface area contributed by atoms with Crippen LogP contribution in [0.4, 0.5) is 10.5 Å². The zero-order valence-electron chi connectivity index (χ0n) is 16.2. The molecule has 0 fully saturated rings.